The van der Waals surface area contributed by atoms with Gasteiger partial charge < -0.3 is 0 Å². The predicted octanol–water partition coefficient (Wildman–Crippen LogP) is 3.79. The minimum atomic E-state index is 0.490. The summed E-state index contributed by atoms with van der Waals surface area (Å²) in [5.41, 5.74) is 13.5. The second-order valence-electron chi connectivity index (χ2n) is 4.14. The fraction of sp³-hybridized carbons (Fsp3) is 0.143. The van der Waals surface area contributed by atoms with Crippen LogP contribution in [0.3, 0.4) is 0 Å². The van der Waals surface area contributed by atoms with Crippen LogP contribution in [0, 0.1) is 5.53 Å². The molecule has 0 fully saturated rings. The molecule has 0 spiro atoms. The Kier molecular flexibility index (Phi) is 2.07. The van der Waals surface area contributed by atoms with E-state index in [1.54, 1.807) is 0 Å². The van der Waals surface area contributed by atoms with Gasteiger partial charge in [-0.25, -0.2) is 5.53 Å². The Labute approximate surface area is 94.4 Å². The summed E-state index contributed by atoms with van der Waals surface area (Å²) in [5, 5.41) is 3.43. The molecule has 0 unspecified atom stereocenters. The lowest BCUT2D eigenvalue weighted by molar-refractivity contribution is 0.906. The molecule has 16 heavy (non-hydrogen) atoms. The first-order valence-corrected chi connectivity index (χ1v) is 5.42. The zero-order valence-corrected chi connectivity index (χ0v) is 8.90. The highest BCUT2D eigenvalue weighted by atomic mass is 14.9. The Morgan fingerprint density at radius 3 is 2.69 bits per heavy atom. The fourth-order valence-corrected chi connectivity index (χ4v) is 2.39. The molecule has 2 nitrogen and oxygen atoms in total. The van der Waals surface area contributed by atoms with Gasteiger partial charge >= 0.3 is 0 Å². The lowest BCUT2D eigenvalue weighted by atomic mass is 10.0. The van der Waals surface area contributed by atoms with Gasteiger partial charge in [-0.3, -0.25) is 0 Å². The van der Waals surface area contributed by atoms with E-state index >= 15 is 0 Å². The van der Waals surface area contributed by atoms with E-state index < -0.39 is 0 Å². The summed E-state index contributed by atoms with van der Waals surface area (Å²) in [4.78, 5) is 0. The van der Waals surface area contributed by atoms with Crippen molar-refractivity contribution < 1.29 is 0 Å². The molecule has 0 amide bonds. The smallest absolute Gasteiger partial charge is 0.0846 e. The Bertz CT molecular complexity index is 558. The summed E-state index contributed by atoms with van der Waals surface area (Å²) in [7, 11) is 0. The van der Waals surface area contributed by atoms with E-state index in [9.17, 15) is 0 Å². The largest absolute Gasteiger partial charge is 0.210 e. The van der Waals surface area contributed by atoms with Crippen molar-refractivity contribution in [3.05, 3.63) is 59.2 Å². The molecule has 0 atom stereocenters. The Hall–Kier alpha value is -1.96. The third-order valence-corrected chi connectivity index (χ3v) is 3.12. The first-order chi connectivity index (χ1) is 7.88. The maximum atomic E-state index is 6.89. The second kappa shape index (κ2) is 3.56. The van der Waals surface area contributed by atoms with Crippen molar-refractivity contribution in [2.24, 2.45) is 5.11 Å². The molecule has 2 heteroatoms. The molecule has 3 rings (SSSR count). The van der Waals surface area contributed by atoms with Gasteiger partial charge in [-0.15, -0.1) is 0 Å². The molecule has 2 aromatic carbocycles. The average Bonchev–Trinajstić information content (AvgIpc) is 2.67. The van der Waals surface area contributed by atoms with Gasteiger partial charge in [0.2, 0.25) is 0 Å². The fourth-order valence-electron chi connectivity index (χ4n) is 2.39. The first-order valence-electron chi connectivity index (χ1n) is 5.42. The summed E-state index contributed by atoms with van der Waals surface area (Å²) in [6.07, 6.45) is 1.01. The average molecular weight is 208 g/mol. The highest BCUT2D eigenvalue weighted by Gasteiger charge is 2.17. The van der Waals surface area contributed by atoms with Crippen LogP contribution in [0.25, 0.3) is 11.1 Å². The number of hydrogen-bond donors (Lipinski definition) is 1. The molecule has 1 aliphatic rings. The van der Waals surface area contributed by atoms with E-state index in [1.165, 1.54) is 22.3 Å². The van der Waals surface area contributed by atoms with Crippen LogP contribution in [-0.2, 0) is 13.0 Å². The summed E-state index contributed by atoms with van der Waals surface area (Å²) in [6.45, 7) is 0.490. The molecule has 2 aromatic rings. The third-order valence-electron chi connectivity index (χ3n) is 3.12. The van der Waals surface area contributed by atoms with Crippen LogP contribution >= 0.6 is 0 Å². The van der Waals surface area contributed by atoms with Gasteiger partial charge in [-0.1, -0.05) is 42.5 Å². The molecular weight excluding hydrogens is 196 g/mol. The minimum Gasteiger partial charge on any atom is -0.210 e. The highest BCUT2D eigenvalue weighted by Crippen LogP contribution is 2.36. The van der Waals surface area contributed by atoms with Crippen LogP contribution in [-0.4, -0.2) is 0 Å². The van der Waals surface area contributed by atoms with Gasteiger partial charge in [0.25, 0.3) is 0 Å². The Balaban J connectivity index is 2.10. The number of nitrogens with zero attached hydrogens (tertiary/aromatic N) is 1. The molecule has 78 valence electrons. The van der Waals surface area contributed by atoms with Gasteiger partial charge in [0.15, 0.2) is 0 Å². The lowest BCUT2D eigenvalue weighted by Gasteiger charge is -2.02. The van der Waals surface area contributed by atoms with Crippen molar-refractivity contribution in [3.63, 3.8) is 0 Å². The molecule has 0 heterocycles. The lowest BCUT2D eigenvalue weighted by Crippen LogP contribution is -1.85. The number of hydrogen-bond acceptors (Lipinski definition) is 2. The molecule has 0 radical (unpaired) electrons. The number of rotatable bonds is 2. The molecule has 0 saturated carbocycles. The third kappa shape index (κ3) is 1.34. The molecule has 0 saturated heterocycles. The molecule has 0 aromatic heterocycles. The zero-order chi connectivity index (χ0) is 11.0. The van der Waals surface area contributed by atoms with Crippen molar-refractivity contribution in [2.75, 3.05) is 0 Å². The monoisotopic (exact) mass is 208 g/mol. The van der Waals surface area contributed by atoms with Crippen LogP contribution in [0.15, 0.2) is 47.6 Å². The standard InChI is InChI=1S/C14H12N2/c15-16-9-10-5-6-14-12(7-10)8-11-3-1-2-4-13(11)14/h1-7,15H,8-9H2. The summed E-state index contributed by atoms with van der Waals surface area (Å²) >= 11 is 0. The van der Waals surface area contributed by atoms with Crippen LogP contribution in [0.5, 0.6) is 0 Å². The zero-order valence-electron chi connectivity index (χ0n) is 8.90. The predicted molar refractivity (Wildman–Crippen MR) is 63.5 cm³/mol. The van der Waals surface area contributed by atoms with Gasteiger partial charge in [0, 0.05) is 0 Å². The molecule has 0 aliphatic heterocycles. The molecule has 1 N–H and O–H groups in total. The number of fused-ring (bicyclic) bond motifs is 3. The van der Waals surface area contributed by atoms with Crippen LogP contribution in [0.2, 0.25) is 0 Å². The van der Waals surface area contributed by atoms with Gasteiger partial charge in [-0.2, -0.15) is 5.11 Å². The van der Waals surface area contributed by atoms with Gasteiger partial charge in [-0.05, 0) is 34.2 Å². The first kappa shape index (κ1) is 9.28. The minimum absolute atomic E-state index is 0.490. The van der Waals surface area contributed by atoms with Crippen LogP contribution in [0.4, 0.5) is 0 Å². The highest BCUT2D eigenvalue weighted by molar-refractivity contribution is 5.76. The maximum absolute atomic E-state index is 6.89. The van der Waals surface area contributed by atoms with Crippen molar-refractivity contribution in [1.82, 2.24) is 0 Å². The van der Waals surface area contributed by atoms with E-state index in [4.69, 9.17) is 5.53 Å². The Morgan fingerprint density at radius 1 is 1.00 bits per heavy atom. The van der Waals surface area contributed by atoms with Crippen LogP contribution < -0.4 is 0 Å². The van der Waals surface area contributed by atoms with Crippen molar-refractivity contribution in [3.8, 4) is 11.1 Å². The summed E-state index contributed by atoms with van der Waals surface area (Å²) in [6, 6.07) is 14.9. The normalized spacial score (nSPS) is 12.0. The number of benzene rings is 2. The molecule has 1 aliphatic carbocycles. The van der Waals surface area contributed by atoms with Crippen molar-refractivity contribution in [1.29, 1.82) is 5.53 Å². The second-order valence-corrected chi connectivity index (χ2v) is 4.14. The molecular formula is C14H12N2. The molecule has 0 bridgehead atoms. The Morgan fingerprint density at radius 2 is 1.81 bits per heavy atom. The van der Waals surface area contributed by atoms with Gasteiger partial charge in [0.05, 0.1) is 6.54 Å². The maximum Gasteiger partial charge on any atom is 0.0846 e. The van der Waals surface area contributed by atoms with E-state index in [0.29, 0.717) is 6.54 Å². The van der Waals surface area contributed by atoms with Gasteiger partial charge in [0.1, 0.15) is 0 Å². The van der Waals surface area contributed by atoms with Crippen molar-refractivity contribution in [2.45, 2.75) is 13.0 Å². The number of nitrogens with one attached hydrogen (secondary N) is 1. The van der Waals surface area contributed by atoms with E-state index in [0.717, 1.165) is 12.0 Å². The quantitative estimate of drug-likeness (QED) is 0.622. The van der Waals surface area contributed by atoms with E-state index in [-0.39, 0.29) is 0 Å². The summed E-state index contributed by atoms with van der Waals surface area (Å²) < 4.78 is 0. The van der Waals surface area contributed by atoms with E-state index in [1.807, 2.05) is 0 Å². The van der Waals surface area contributed by atoms with Crippen molar-refractivity contribution >= 4 is 0 Å². The van der Waals surface area contributed by atoms with Crippen LogP contribution in [0.1, 0.15) is 16.7 Å². The summed E-state index contributed by atoms with van der Waals surface area (Å²) in [5.74, 6) is 0. The topological polar surface area (TPSA) is 36.2 Å². The van der Waals surface area contributed by atoms with E-state index in [2.05, 4.69) is 47.6 Å². The SMILES string of the molecule is N=NCc1ccc2c(c1)Cc1ccccc1-2.